The Morgan fingerprint density at radius 1 is 1.14 bits per heavy atom. The van der Waals surface area contributed by atoms with Crippen LogP contribution in [0.3, 0.4) is 0 Å². The third-order valence-electron chi connectivity index (χ3n) is 3.22. The molecule has 0 unspecified atom stereocenters. The Bertz CT molecular complexity index is 776. The van der Waals surface area contributed by atoms with Gasteiger partial charge in [-0.3, -0.25) is 10.4 Å². The monoisotopic (exact) mass is 308 g/mol. The molecule has 0 radical (unpaired) electrons. The molecule has 0 aliphatic carbocycles. The fourth-order valence-corrected chi connectivity index (χ4v) is 2.61. The lowest BCUT2D eigenvalue weighted by atomic mass is 10.2. The van der Waals surface area contributed by atoms with Crippen molar-refractivity contribution in [3.05, 3.63) is 65.3 Å². The summed E-state index contributed by atoms with van der Waals surface area (Å²) < 4.78 is 0. The van der Waals surface area contributed by atoms with Crippen LogP contribution < -0.4 is 5.43 Å². The maximum Gasteiger partial charge on any atom is 0.203 e. The Balaban J connectivity index is 1.73. The number of hydrazone groups is 1. The van der Waals surface area contributed by atoms with E-state index in [1.54, 1.807) is 0 Å². The second kappa shape index (κ2) is 6.49. The van der Waals surface area contributed by atoms with Crippen molar-refractivity contribution in [2.45, 2.75) is 13.8 Å². The number of aryl methyl sites for hydroxylation is 1. The average molecular weight is 308 g/mol. The van der Waals surface area contributed by atoms with Crippen LogP contribution in [0.2, 0.25) is 0 Å². The number of thiazole rings is 1. The minimum Gasteiger partial charge on any atom is -0.261 e. The highest BCUT2D eigenvalue weighted by atomic mass is 32.1. The molecule has 0 aliphatic rings. The molecule has 3 aromatic rings. The smallest absolute Gasteiger partial charge is 0.203 e. The molecule has 0 saturated heterocycles. The number of anilines is 1. The minimum atomic E-state index is 0.776. The molecule has 22 heavy (non-hydrogen) atoms. The zero-order valence-electron chi connectivity index (χ0n) is 12.4. The van der Waals surface area contributed by atoms with Crippen LogP contribution in [0.5, 0.6) is 0 Å². The average Bonchev–Trinajstić information content (AvgIpc) is 3.03. The number of nitrogens with one attached hydrogen (secondary N) is 1. The lowest BCUT2D eigenvalue weighted by Gasteiger charge is -2.01. The first-order valence-electron chi connectivity index (χ1n) is 6.96. The van der Waals surface area contributed by atoms with E-state index in [-0.39, 0.29) is 0 Å². The lowest BCUT2D eigenvalue weighted by molar-refractivity contribution is 1.19. The van der Waals surface area contributed by atoms with E-state index >= 15 is 0 Å². The number of benzene rings is 1. The minimum absolute atomic E-state index is 0.776. The summed E-state index contributed by atoms with van der Waals surface area (Å²) in [7, 11) is 0. The summed E-state index contributed by atoms with van der Waals surface area (Å²) in [6.07, 6.45) is 1.83. The highest BCUT2D eigenvalue weighted by molar-refractivity contribution is 7.14. The second-order valence-corrected chi connectivity index (χ2v) is 5.76. The predicted molar refractivity (Wildman–Crippen MR) is 92.4 cm³/mol. The summed E-state index contributed by atoms with van der Waals surface area (Å²) in [6.45, 7) is 3.92. The molecule has 0 spiro atoms. The molecule has 0 fully saturated rings. The Labute approximate surface area is 133 Å². The van der Waals surface area contributed by atoms with Gasteiger partial charge >= 0.3 is 0 Å². The summed E-state index contributed by atoms with van der Waals surface area (Å²) in [5, 5.41) is 7.18. The van der Waals surface area contributed by atoms with Crippen LogP contribution in [-0.4, -0.2) is 15.7 Å². The lowest BCUT2D eigenvalue weighted by Crippen LogP contribution is -2.00. The fraction of sp³-hybridized carbons (Fsp3) is 0.118. The van der Waals surface area contributed by atoms with Crippen LogP contribution in [0.25, 0.3) is 11.3 Å². The maximum absolute atomic E-state index is 4.54. The van der Waals surface area contributed by atoms with E-state index < -0.39 is 0 Å². The Hall–Kier alpha value is -2.53. The van der Waals surface area contributed by atoms with E-state index in [9.17, 15) is 0 Å². The molecule has 0 aliphatic heterocycles. The van der Waals surface area contributed by atoms with Crippen molar-refractivity contribution in [2.75, 3.05) is 5.43 Å². The molecule has 3 rings (SSSR count). The molecule has 0 bridgehead atoms. The van der Waals surface area contributed by atoms with Gasteiger partial charge in [0.1, 0.15) is 0 Å². The summed E-state index contributed by atoms with van der Waals surface area (Å²) in [4.78, 5) is 8.82. The number of hydrogen-bond acceptors (Lipinski definition) is 5. The van der Waals surface area contributed by atoms with Crippen molar-refractivity contribution in [1.29, 1.82) is 0 Å². The van der Waals surface area contributed by atoms with Gasteiger partial charge in [-0.1, -0.05) is 30.3 Å². The fourth-order valence-electron chi connectivity index (χ4n) is 1.94. The van der Waals surface area contributed by atoms with Crippen molar-refractivity contribution in [3.8, 4) is 11.3 Å². The topological polar surface area (TPSA) is 50.2 Å². The van der Waals surface area contributed by atoms with Gasteiger partial charge in [0.05, 0.1) is 11.4 Å². The molecule has 1 aromatic carbocycles. The first-order chi connectivity index (χ1) is 10.7. The highest BCUT2D eigenvalue weighted by Gasteiger charge is 2.04. The Morgan fingerprint density at radius 3 is 2.68 bits per heavy atom. The first-order valence-corrected chi connectivity index (χ1v) is 7.84. The number of aromatic nitrogens is 2. The maximum atomic E-state index is 4.54. The van der Waals surface area contributed by atoms with Crippen LogP contribution >= 0.6 is 11.3 Å². The van der Waals surface area contributed by atoms with Gasteiger partial charge in [-0.15, -0.1) is 11.3 Å². The van der Waals surface area contributed by atoms with Crippen LogP contribution in [0, 0.1) is 6.92 Å². The van der Waals surface area contributed by atoms with Gasteiger partial charge < -0.3 is 0 Å². The zero-order chi connectivity index (χ0) is 15.4. The standard InChI is InChI=1S/C17H16N4S/c1-12-8-9-15(10-18-12)13(2)20-21-17-19-16(11-22-17)14-6-4-3-5-7-14/h3-11H,1-2H3,(H,19,21)/b20-13+. The molecule has 5 heteroatoms. The highest BCUT2D eigenvalue weighted by Crippen LogP contribution is 2.24. The van der Waals surface area contributed by atoms with Gasteiger partial charge in [-0.25, -0.2) is 4.98 Å². The number of rotatable bonds is 4. The third kappa shape index (κ3) is 3.38. The second-order valence-electron chi connectivity index (χ2n) is 4.90. The molecule has 0 saturated carbocycles. The van der Waals surface area contributed by atoms with E-state index in [4.69, 9.17) is 0 Å². The molecular formula is C17H16N4S. The van der Waals surface area contributed by atoms with Gasteiger partial charge in [-0.2, -0.15) is 5.10 Å². The van der Waals surface area contributed by atoms with Crippen molar-refractivity contribution in [3.63, 3.8) is 0 Å². The van der Waals surface area contributed by atoms with Gasteiger partial charge in [0.25, 0.3) is 0 Å². The first kappa shape index (κ1) is 14.4. The van der Waals surface area contributed by atoms with Crippen LogP contribution in [-0.2, 0) is 0 Å². The normalized spacial score (nSPS) is 11.5. The molecular weight excluding hydrogens is 292 g/mol. The van der Waals surface area contributed by atoms with Crippen molar-refractivity contribution < 1.29 is 0 Å². The van der Waals surface area contributed by atoms with Crippen molar-refractivity contribution >= 4 is 22.2 Å². The van der Waals surface area contributed by atoms with Gasteiger partial charge in [-0.05, 0) is 26.0 Å². The molecule has 2 aromatic heterocycles. The van der Waals surface area contributed by atoms with E-state index in [2.05, 4.69) is 20.5 Å². The Kier molecular flexibility index (Phi) is 4.25. The van der Waals surface area contributed by atoms with Crippen molar-refractivity contribution in [1.82, 2.24) is 9.97 Å². The summed E-state index contributed by atoms with van der Waals surface area (Å²) in [5.74, 6) is 0. The summed E-state index contributed by atoms with van der Waals surface area (Å²) in [6, 6.07) is 14.1. The molecule has 0 amide bonds. The van der Waals surface area contributed by atoms with Crippen LogP contribution in [0.15, 0.2) is 59.1 Å². The molecule has 110 valence electrons. The Morgan fingerprint density at radius 2 is 1.95 bits per heavy atom. The molecule has 2 heterocycles. The number of nitrogens with zero attached hydrogens (tertiary/aromatic N) is 3. The molecule has 0 atom stereocenters. The quantitative estimate of drug-likeness (QED) is 0.576. The SMILES string of the molecule is C/C(=N\Nc1nc(-c2ccccc2)cs1)c1ccc(C)nc1. The summed E-state index contributed by atoms with van der Waals surface area (Å²) in [5.41, 5.74) is 7.95. The van der Waals surface area contributed by atoms with E-state index in [0.717, 1.165) is 33.4 Å². The zero-order valence-corrected chi connectivity index (χ0v) is 13.3. The van der Waals surface area contributed by atoms with Gasteiger partial charge in [0.15, 0.2) is 0 Å². The molecule has 1 N–H and O–H groups in total. The van der Waals surface area contributed by atoms with E-state index in [1.165, 1.54) is 11.3 Å². The van der Waals surface area contributed by atoms with Crippen LogP contribution in [0.1, 0.15) is 18.2 Å². The van der Waals surface area contributed by atoms with Gasteiger partial charge in [0.2, 0.25) is 5.13 Å². The third-order valence-corrected chi connectivity index (χ3v) is 3.97. The largest absolute Gasteiger partial charge is 0.261 e. The van der Waals surface area contributed by atoms with E-state index in [0.29, 0.717) is 0 Å². The number of pyridine rings is 1. The van der Waals surface area contributed by atoms with E-state index in [1.807, 2.05) is 67.9 Å². The number of hydrogen-bond donors (Lipinski definition) is 1. The summed E-state index contributed by atoms with van der Waals surface area (Å²) >= 11 is 1.54. The van der Waals surface area contributed by atoms with Gasteiger partial charge in [0, 0.05) is 28.4 Å². The molecule has 4 nitrogen and oxygen atoms in total. The van der Waals surface area contributed by atoms with Crippen molar-refractivity contribution in [2.24, 2.45) is 5.10 Å². The predicted octanol–water partition coefficient (Wildman–Crippen LogP) is 4.35. The van der Waals surface area contributed by atoms with Crippen LogP contribution in [0.4, 0.5) is 5.13 Å².